The van der Waals surface area contributed by atoms with Gasteiger partial charge in [-0.05, 0) is 40.7 Å². The Labute approximate surface area is 107 Å². The topological polar surface area (TPSA) is 54.1 Å². The van der Waals surface area contributed by atoms with Gasteiger partial charge in [-0.1, -0.05) is 0 Å². The largest absolute Gasteiger partial charge is 0.327 e. The summed E-state index contributed by atoms with van der Waals surface area (Å²) in [5.74, 6) is 0. The third-order valence-electron chi connectivity index (χ3n) is 2.99. The van der Waals surface area contributed by atoms with Gasteiger partial charge in [0.25, 0.3) is 5.56 Å². The summed E-state index contributed by atoms with van der Waals surface area (Å²) >= 11 is 4.50. The molecule has 0 aliphatic rings. The number of hydrogen-bond acceptors (Lipinski definition) is 4. The van der Waals surface area contributed by atoms with E-state index in [4.69, 9.17) is 4.84 Å². The van der Waals surface area contributed by atoms with E-state index in [1.54, 1.807) is 19.2 Å². The summed E-state index contributed by atoms with van der Waals surface area (Å²) in [5, 5.41) is 0. The van der Waals surface area contributed by atoms with Crippen LogP contribution in [0.2, 0.25) is 0 Å². The molecule has 0 aliphatic carbocycles. The number of hydrogen-bond donors (Lipinski definition) is 3. The Morgan fingerprint density at radius 1 is 1.35 bits per heavy atom. The predicted octanol–water partition coefficient (Wildman–Crippen LogP) is 2.51. The molecule has 1 aromatic heterocycles. The number of thiol groups is 1. The first-order valence-corrected chi connectivity index (χ1v) is 5.94. The summed E-state index contributed by atoms with van der Waals surface area (Å²) in [7, 11) is 0. The minimum atomic E-state index is -0.458. The van der Waals surface area contributed by atoms with Crippen LogP contribution in [0.1, 0.15) is 33.3 Å². The maximum atomic E-state index is 11.2. The lowest BCUT2D eigenvalue weighted by Gasteiger charge is -2.36. The van der Waals surface area contributed by atoms with Crippen LogP contribution in [0.15, 0.2) is 17.1 Å². The minimum absolute atomic E-state index is 0.0932. The van der Waals surface area contributed by atoms with E-state index in [-0.39, 0.29) is 10.3 Å². The molecule has 2 N–H and O–H groups in total. The van der Waals surface area contributed by atoms with Gasteiger partial charge in [-0.3, -0.25) is 15.1 Å². The van der Waals surface area contributed by atoms with Gasteiger partial charge in [0.1, 0.15) is 5.60 Å². The van der Waals surface area contributed by atoms with E-state index < -0.39 is 5.60 Å². The smallest absolute Gasteiger partial charge is 0.250 e. The van der Waals surface area contributed by atoms with Crippen molar-refractivity contribution in [2.75, 3.05) is 5.48 Å². The van der Waals surface area contributed by atoms with Gasteiger partial charge in [-0.15, -0.1) is 0 Å². The second-order valence-corrected chi connectivity index (χ2v) is 6.29. The highest BCUT2D eigenvalue weighted by Crippen LogP contribution is 2.31. The number of H-pyrrole nitrogens is 1. The van der Waals surface area contributed by atoms with E-state index in [1.807, 2.05) is 27.7 Å². The highest BCUT2D eigenvalue weighted by Gasteiger charge is 2.35. The second kappa shape index (κ2) is 4.74. The first-order valence-electron chi connectivity index (χ1n) is 5.49. The monoisotopic (exact) mass is 256 g/mol. The quantitative estimate of drug-likeness (QED) is 0.573. The molecular formula is C12H20N2O2S. The molecule has 0 unspecified atom stereocenters. The van der Waals surface area contributed by atoms with Gasteiger partial charge in [0.05, 0.1) is 5.69 Å². The normalized spacial score (nSPS) is 12.6. The van der Waals surface area contributed by atoms with E-state index >= 15 is 0 Å². The van der Waals surface area contributed by atoms with E-state index in [0.717, 1.165) is 0 Å². The van der Waals surface area contributed by atoms with Crippen LogP contribution in [0.25, 0.3) is 0 Å². The average molecular weight is 256 g/mol. The Morgan fingerprint density at radius 3 is 2.41 bits per heavy atom. The molecule has 5 heteroatoms. The first-order chi connectivity index (χ1) is 7.63. The van der Waals surface area contributed by atoms with Gasteiger partial charge in [0.15, 0.2) is 0 Å². The van der Waals surface area contributed by atoms with Crippen LogP contribution in [0.5, 0.6) is 0 Å². The summed E-state index contributed by atoms with van der Waals surface area (Å²) in [5.41, 5.74) is 3.64. The van der Waals surface area contributed by atoms with Gasteiger partial charge in [0, 0.05) is 16.5 Å². The average Bonchev–Trinajstić information content (AvgIpc) is 2.18. The highest BCUT2D eigenvalue weighted by molar-refractivity contribution is 7.81. The molecule has 0 atom stereocenters. The standard InChI is InChI=1S/C12H20N2O2S/c1-8-6-9(7-13-10(8)15)14-16-11(2,3)12(4,5)17/h6-7,14,17H,1-5H3,(H,13,15). The molecule has 96 valence electrons. The van der Waals surface area contributed by atoms with Crippen molar-refractivity contribution < 1.29 is 4.84 Å². The van der Waals surface area contributed by atoms with Crippen LogP contribution in [-0.2, 0) is 4.84 Å². The number of pyridine rings is 1. The fourth-order valence-electron chi connectivity index (χ4n) is 0.968. The minimum Gasteiger partial charge on any atom is -0.327 e. The molecular weight excluding hydrogens is 236 g/mol. The van der Waals surface area contributed by atoms with Crippen molar-refractivity contribution >= 4 is 18.3 Å². The Kier molecular flexibility index (Phi) is 3.94. The molecule has 0 spiro atoms. The molecule has 0 bridgehead atoms. The van der Waals surface area contributed by atoms with Crippen LogP contribution >= 0.6 is 12.6 Å². The summed E-state index contributed by atoms with van der Waals surface area (Å²) in [4.78, 5) is 19.4. The molecule has 17 heavy (non-hydrogen) atoms. The van der Waals surface area contributed by atoms with Gasteiger partial charge < -0.3 is 4.98 Å². The molecule has 1 aromatic rings. The summed E-state index contributed by atoms with van der Waals surface area (Å²) in [6.07, 6.45) is 1.58. The molecule has 0 aromatic carbocycles. The molecule has 1 heterocycles. The molecule has 0 fully saturated rings. The predicted molar refractivity (Wildman–Crippen MR) is 73.7 cm³/mol. The number of anilines is 1. The Hall–Kier alpha value is -0.940. The molecule has 0 saturated heterocycles. The van der Waals surface area contributed by atoms with Crippen molar-refractivity contribution in [3.05, 3.63) is 28.2 Å². The Morgan fingerprint density at radius 2 is 1.94 bits per heavy atom. The Balaban J connectivity index is 2.74. The molecule has 1 rings (SSSR count). The maximum Gasteiger partial charge on any atom is 0.250 e. The van der Waals surface area contributed by atoms with Crippen LogP contribution in [0.3, 0.4) is 0 Å². The lowest BCUT2D eigenvalue weighted by atomic mass is 9.94. The number of aryl methyl sites for hydroxylation is 1. The van der Waals surface area contributed by atoms with Gasteiger partial charge in [-0.25, -0.2) is 0 Å². The molecule has 0 saturated carbocycles. The van der Waals surface area contributed by atoms with Crippen LogP contribution < -0.4 is 11.0 Å². The van der Waals surface area contributed by atoms with Crippen LogP contribution in [0, 0.1) is 6.92 Å². The molecule has 0 aliphatic heterocycles. The maximum absolute atomic E-state index is 11.2. The van der Waals surface area contributed by atoms with Gasteiger partial charge in [-0.2, -0.15) is 12.6 Å². The fourth-order valence-corrected chi connectivity index (χ4v) is 1.01. The van der Waals surface area contributed by atoms with Crippen LogP contribution in [-0.4, -0.2) is 15.3 Å². The molecule has 0 radical (unpaired) electrons. The van der Waals surface area contributed by atoms with E-state index in [0.29, 0.717) is 11.3 Å². The molecule has 0 amide bonds. The van der Waals surface area contributed by atoms with Crippen LogP contribution in [0.4, 0.5) is 5.69 Å². The molecule has 4 nitrogen and oxygen atoms in total. The van der Waals surface area contributed by atoms with Gasteiger partial charge >= 0.3 is 0 Å². The lowest BCUT2D eigenvalue weighted by molar-refractivity contribution is -0.00306. The third-order valence-corrected chi connectivity index (χ3v) is 3.52. The number of nitrogens with one attached hydrogen (secondary N) is 2. The highest BCUT2D eigenvalue weighted by atomic mass is 32.1. The van der Waals surface area contributed by atoms with Crippen molar-refractivity contribution in [1.82, 2.24) is 4.98 Å². The van der Waals surface area contributed by atoms with Crippen molar-refractivity contribution in [2.45, 2.75) is 45.0 Å². The van der Waals surface area contributed by atoms with E-state index in [2.05, 4.69) is 23.1 Å². The Bertz CT molecular complexity index is 447. The third kappa shape index (κ3) is 3.51. The van der Waals surface area contributed by atoms with E-state index in [1.165, 1.54) is 0 Å². The zero-order valence-corrected chi connectivity index (χ0v) is 11.8. The summed E-state index contributed by atoms with van der Waals surface area (Å²) in [6, 6.07) is 1.74. The van der Waals surface area contributed by atoms with Crippen molar-refractivity contribution in [1.29, 1.82) is 0 Å². The van der Waals surface area contributed by atoms with Crippen molar-refractivity contribution in [2.24, 2.45) is 0 Å². The number of aromatic amines is 1. The fraction of sp³-hybridized carbons (Fsp3) is 0.583. The SMILES string of the molecule is Cc1cc(NOC(C)(C)C(C)(C)S)c[nH]c1=O. The van der Waals surface area contributed by atoms with Gasteiger partial charge in [0.2, 0.25) is 0 Å². The zero-order chi connectivity index (χ0) is 13.3. The van der Waals surface area contributed by atoms with Crippen molar-refractivity contribution in [3.63, 3.8) is 0 Å². The second-order valence-electron chi connectivity index (χ2n) is 5.17. The number of aromatic nitrogens is 1. The lowest BCUT2D eigenvalue weighted by Crippen LogP contribution is -2.44. The van der Waals surface area contributed by atoms with E-state index in [9.17, 15) is 4.79 Å². The van der Waals surface area contributed by atoms with Crippen molar-refractivity contribution in [3.8, 4) is 0 Å². The summed E-state index contributed by atoms with van der Waals surface area (Å²) < 4.78 is -0.294. The zero-order valence-electron chi connectivity index (χ0n) is 10.9. The first kappa shape index (κ1) is 14.1. The number of rotatable bonds is 4. The summed E-state index contributed by atoms with van der Waals surface area (Å²) in [6.45, 7) is 9.61.